The van der Waals surface area contributed by atoms with Gasteiger partial charge in [-0.2, -0.15) is 0 Å². The first-order chi connectivity index (χ1) is 10.1. The summed E-state index contributed by atoms with van der Waals surface area (Å²) in [5, 5.41) is 0.997. The number of fused-ring (bicyclic) bond motifs is 1. The monoisotopic (exact) mass is 280 g/mol. The molecule has 0 bridgehead atoms. The number of anilines is 1. The zero-order chi connectivity index (χ0) is 14.8. The lowest BCUT2D eigenvalue weighted by atomic mass is 10.2. The molecule has 2 heterocycles. The summed E-state index contributed by atoms with van der Waals surface area (Å²) < 4.78 is 5.62. The van der Waals surface area contributed by atoms with Crippen LogP contribution < -0.4 is 16.2 Å². The maximum atomic E-state index is 11.1. The number of benzene rings is 1. The molecule has 0 saturated heterocycles. The van der Waals surface area contributed by atoms with E-state index in [4.69, 9.17) is 16.2 Å². The molecule has 0 spiro atoms. The number of aromatic nitrogens is 2. The van der Waals surface area contributed by atoms with E-state index in [2.05, 4.69) is 9.97 Å². The lowest BCUT2D eigenvalue weighted by Crippen LogP contribution is -2.13. The van der Waals surface area contributed by atoms with Gasteiger partial charge < -0.3 is 16.2 Å². The molecule has 0 aliphatic carbocycles. The molecule has 0 fully saturated rings. The topological polar surface area (TPSA) is 104 Å². The van der Waals surface area contributed by atoms with Crippen LogP contribution in [0.25, 0.3) is 10.9 Å². The molecular weight excluding hydrogens is 268 g/mol. The standard InChI is InChI=1S/C15H12N4O2/c16-11-5-6-12(14(17)20)19-15(11)21-10-4-3-9-2-1-7-18-13(9)8-10/h1-8H,16H2,(H2,17,20). The number of ether oxygens (including phenoxy) is 1. The normalized spacial score (nSPS) is 10.5. The second-order valence-electron chi connectivity index (χ2n) is 4.42. The number of rotatable bonds is 3. The van der Waals surface area contributed by atoms with Crippen LogP contribution in [0, 0.1) is 0 Å². The Balaban J connectivity index is 1.98. The summed E-state index contributed by atoms with van der Waals surface area (Å²) >= 11 is 0. The Morgan fingerprint density at radius 1 is 1.14 bits per heavy atom. The summed E-state index contributed by atoms with van der Waals surface area (Å²) in [6, 6.07) is 12.2. The Morgan fingerprint density at radius 2 is 2.00 bits per heavy atom. The number of carbonyl (C=O) groups excluding carboxylic acids is 1. The highest BCUT2D eigenvalue weighted by atomic mass is 16.5. The molecule has 4 N–H and O–H groups in total. The first-order valence-electron chi connectivity index (χ1n) is 6.22. The zero-order valence-corrected chi connectivity index (χ0v) is 11.0. The van der Waals surface area contributed by atoms with Gasteiger partial charge in [0.15, 0.2) is 0 Å². The predicted octanol–water partition coefficient (Wildman–Crippen LogP) is 2.10. The molecule has 3 aromatic rings. The number of nitrogens with two attached hydrogens (primary N) is 2. The van der Waals surface area contributed by atoms with Crippen molar-refractivity contribution < 1.29 is 9.53 Å². The van der Waals surface area contributed by atoms with Crippen molar-refractivity contribution in [2.75, 3.05) is 5.73 Å². The van der Waals surface area contributed by atoms with Crippen molar-refractivity contribution in [3.8, 4) is 11.6 Å². The average Bonchev–Trinajstić information content (AvgIpc) is 2.49. The molecule has 3 rings (SSSR count). The highest BCUT2D eigenvalue weighted by Gasteiger charge is 2.09. The van der Waals surface area contributed by atoms with Gasteiger partial charge >= 0.3 is 0 Å². The van der Waals surface area contributed by atoms with Crippen LogP contribution in [0.1, 0.15) is 10.5 Å². The summed E-state index contributed by atoms with van der Waals surface area (Å²) in [6.45, 7) is 0. The van der Waals surface area contributed by atoms with Crippen LogP contribution in [0.5, 0.6) is 11.6 Å². The minimum Gasteiger partial charge on any atom is -0.437 e. The van der Waals surface area contributed by atoms with Crippen LogP contribution in [0.4, 0.5) is 5.69 Å². The predicted molar refractivity (Wildman–Crippen MR) is 79.0 cm³/mol. The minimum absolute atomic E-state index is 0.0955. The van der Waals surface area contributed by atoms with Crippen molar-refractivity contribution in [1.29, 1.82) is 0 Å². The number of nitrogen functional groups attached to an aromatic ring is 1. The van der Waals surface area contributed by atoms with E-state index in [0.29, 0.717) is 11.4 Å². The third-order valence-electron chi connectivity index (χ3n) is 2.93. The van der Waals surface area contributed by atoms with Crippen molar-refractivity contribution in [2.45, 2.75) is 0 Å². The van der Waals surface area contributed by atoms with Crippen LogP contribution in [-0.2, 0) is 0 Å². The SMILES string of the molecule is NC(=O)c1ccc(N)c(Oc2ccc3cccnc3c2)n1. The second-order valence-corrected chi connectivity index (χ2v) is 4.42. The van der Waals surface area contributed by atoms with Gasteiger partial charge in [-0.3, -0.25) is 9.78 Å². The van der Waals surface area contributed by atoms with Gasteiger partial charge in [0.05, 0.1) is 11.2 Å². The van der Waals surface area contributed by atoms with Crippen molar-refractivity contribution in [3.05, 3.63) is 54.4 Å². The van der Waals surface area contributed by atoms with Crippen molar-refractivity contribution >= 4 is 22.5 Å². The average molecular weight is 280 g/mol. The van der Waals surface area contributed by atoms with Gasteiger partial charge in [-0.25, -0.2) is 4.98 Å². The Bertz CT molecular complexity index is 833. The van der Waals surface area contributed by atoms with Gasteiger partial charge in [0.2, 0.25) is 5.88 Å². The van der Waals surface area contributed by atoms with Crippen LogP contribution in [0.2, 0.25) is 0 Å². The Labute approximate surface area is 120 Å². The lowest BCUT2D eigenvalue weighted by molar-refractivity contribution is 0.0995. The summed E-state index contributed by atoms with van der Waals surface area (Å²) in [4.78, 5) is 19.4. The smallest absolute Gasteiger partial charge is 0.267 e. The molecule has 1 amide bonds. The van der Waals surface area contributed by atoms with Crippen LogP contribution in [-0.4, -0.2) is 15.9 Å². The molecule has 104 valence electrons. The maximum Gasteiger partial charge on any atom is 0.267 e. The van der Waals surface area contributed by atoms with E-state index in [9.17, 15) is 4.79 Å². The molecule has 1 aromatic carbocycles. The van der Waals surface area contributed by atoms with E-state index in [0.717, 1.165) is 10.9 Å². The second kappa shape index (κ2) is 5.09. The van der Waals surface area contributed by atoms with Gasteiger partial charge in [-0.05, 0) is 30.3 Å². The van der Waals surface area contributed by atoms with Crippen LogP contribution in [0.15, 0.2) is 48.7 Å². The van der Waals surface area contributed by atoms with E-state index in [-0.39, 0.29) is 11.6 Å². The largest absolute Gasteiger partial charge is 0.437 e. The highest BCUT2D eigenvalue weighted by Crippen LogP contribution is 2.27. The van der Waals surface area contributed by atoms with E-state index < -0.39 is 5.91 Å². The van der Waals surface area contributed by atoms with Crippen LogP contribution in [0.3, 0.4) is 0 Å². The Morgan fingerprint density at radius 3 is 2.81 bits per heavy atom. The minimum atomic E-state index is -0.639. The summed E-state index contributed by atoms with van der Waals surface area (Å²) in [5.74, 6) is 0.0311. The quantitative estimate of drug-likeness (QED) is 0.764. The summed E-state index contributed by atoms with van der Waals surface area (Å²) in [6.07, 6.45) is 1.70. The Hall–Kier alpha value is -3.15. The first-order valence-corrected chi connectivity index (χ1v) is 6.22. The molecule has 0 atom stereocenters. The molecule has 0 aliphatic heterocycles. The summed E-state index contributed by atoms with van der Waals surface area (Å²) in [7, 11) is 0. The molecule has 0 radical (unpaired) electrons. The molecule has 6 nitrogen and oxygen atoms in total. The number of hydrogen-bond donors (Lipinski definition) is 2. The van der Waals surface area contributed by atoms with Gasteiger partial charge in [-0.1, -0.05) is 6.07 Å². The molecule has 0 saturated carbocycles. The Kier molecular flexibility index (Phi) is 3.12. The fourth-order valence-electron chi connectivity index (χ4n) is 1.89. The number of nitrogens with zero attached hydrogens (tertiary/aromatic N) is 2. The van der Waals surface area contributed by atoms with E-state index in [1.807, 2.05) is 18.2 Å². The lowest BCUT2D eigenvalue weighted by Gasteiger charge is -2.08. The molecule has 6 heteroatoms. The van der Waals surface area contributed by atoms with Crippen LogP contribution >= 0.6 is 0 Å². The van der Waals surface area contributed by atoms with Crippen molar-refractivity contribution in [2.24, 2.45) is 5.73 Å². The highest BCUT2D eigenvalue weighted by molar-refractivity contribution is 5.91. The van der Waals surface area contributed by atoms with E-state index in [1.165, 1.54) is 12.1 Å². The third-order valence-corrected chi connectivity index (χ3v) is 2.93. The van der Waals surface area contributed by atoms with Gasteiger partial charge in [0.1, 0.15) is 11.4 Å². The number of pyridine rings is 2. The van der Waals surface area contributed by atoms with E-state index >= 15 is 0 Å². The number of carbonyl (C=O) groups is 1. The molecule has 0 unspecified atom stereocenters. The van der Waals surface area contributed by atoms with Crippen molar-refractivity contribution in [3.63, 3.8) is 0 Å². The van der Waals surface area contributed by atoms with Gasteiger partial charge in [0, 0.05) is 17.6 Å². The fourth-order valence-corrected chi connectivity index (χ4v) is 1.89. The maximum absolute atomic E-state index is 11.1. The molecule has 0 aliphatic rings. The number of amides is 1. The number of primary amides is 1. The zero-order valence-electron chi connectivity index (χ0n) is 11.0. The van der Waals surface area contributed by atoms with Crippen molar-refractivity contribution in [1.82, 2.24) is 9.97 Å². The van der Waals surface area contributed by atoms with Gasteiger partial charge in [-0.15, -0.1) is 0 Å². The fraction of sp³-hybridized carbons (Fsp3) is 0. The molecule has 2 aromatic heterocycles. The van der Waals surface area contributed by atoms with E-state index in [1.54, 1.807) is 18.3 Å². The third kappa shape index (κ3) is 2.59. The number of hydrogen-bond acceptors (Lipinski definition) is 5. The summed E-state index contributed by atoms with van der Waals surface area (Å²) in [5.41, 5.74) is 12.2. The molecule has 21 heavy (non-hydrogen) atoms. The first kappa shape index (κ1) is 12.9. The van der Waals surface area contributed by atoms with Gasteiger partial charge in [0.25, 0.3) is 5.91 Å². The molecular formula is C15H12N4O2.